The lowest BCUT2D eigenvalue weighted by molar-refractivity contribution is -0.122. The third-order valence-electron chi connectivity index (χ3n) is 4.70. The van der Waals surface area contributed by atoms with Gasteiger partial charge in [-0.1, -0.05) is 48.0 Å². The van der Waals surface area contributed by atoms with Crippen LogP contribution in [-0.2, 0) is 27.8 Å². The van der Waals surface area contributed by atoms with Crippen LogP contribution in [0.5, 0.6) is 0 Å². The van der Waals surface area contributed by atoms with E-state index in [0.717, 1.165) is 16.8 Å². The Balaban J connectivity index is 1.86. The van der Waals surface area contributed by atoms with Crippen LogP contribution in [0.25, 0.3) is 0 Å². The summed E-state index contributed by atoms with van der Waals surface area (Å²) in [4.78, 5) is 17.3. The quantitative estimate of drug-likeness (QED) is 0.559. The van der Waals surface area contributed by atoms with Gasteiger partial charge in [-0.3, -0.25) is 4.79 Å². The lowest BCUT2D eigenvalue weighted by Gasteiger charge is -2.20. The number of carbonyl (C=O) groups excluding carboxylic acids is 1. The van der Waals surface area contributed by atoms with E-state index in [9.17, 15) is 13.2 Å². The Hall–Kier alpha value is -2.55. The van der Waals surface area contributed by atoms with Crippen LogP contribution in [0.2, 0.25) is 0 Å². The number of hydrogen-bond acceptors (Lipinski definition) is 5. The van der Waals surface area contributed by atoms with Crippen molar-refractivity contribution in [2.45, 2.75) is 44.7 Å². The molecule has 1 aromatic heterocycles. The van der Waals surface area contributed by atoms with E-state index in [1.165, 1.54) is 11.3 Å². The number of nitrogens with one attached hydrogen (secondary N) is 2. The zero-order chi connectivity index (χ0) is 21.7. The van der Waals surface area contributed by atoms with Gasteiger partial charge in [0.2, 0.25) is 15.9 Å². The zero-order valence-electron chi connectivity index (χ0n) is 17.2. The van der Waals surface area contributed by atoms with Crippen molar-refractivity contribution in [1.29, 1.82) is 0 Å². The second-order valence-electron chi connectivity index (χ2n) is 7.29. The first-order valence-electron chi connectivity index (χ1n) is 9.55. The average molecular weight is 444 g/mol. The van der Waals surface area contributed by atoms with E-state index in [1.807, 2.05) is 54.8 Å². The number of aryl methyl sites for hydroxylation is 3. The van der Waals surface area contributed by atoms with E-state index < -0.39 is 22.0 Å². The van der Waals surface area contributed by atoms with Gasteiger partial charge >= 0.3 is 0 Å². The lowest BCUT2D eigenvalue weighted by atomic mass is 10.1. The third-order valence-corrected chi connectivity index (χ3v) is 7.11. The molecule has 6 nitrogen and oxygen atoms in total. The van der Waals surface area contributed by atoms with Crippen molar-refractivity contribution in [2.75, 3.05) is 0 Å². The summed E-state index contributed by atoms with van der Waals surface area (Å²) in [5.74, 6) is -0.391. The molecule has 8 heteroatoms. The molecule has 1 heterocycles. The average Bonchev–Trinajstić information content (AvgIpc) is 3.18. The standard InChI is InChI=1S/C22H25N3O3S2/c1-15-9-16(2)21(17(3)10-15)30(27,28)25-20(11-18-7-5-4-6-8-18)22(26)23-12-19-13-29-14-24-19/h4-10,13-14,20,25H,11-12H2,1-3H3,(H,23,26). The Bertz CT molecular complexity index is 1090. The van der Waals surface area contributed by atoms with Gasteiger partial charge in [0.1, 0.15) is 6.04 Å². The molecule has 3 rings (SSSR count). The van der Waals surface area contributed by atoms with E-state index in [-0.39, 0.29) is 17.9 Å². The van der Waals surface area contributed by atoms with Gasteiger partial charge in [0, 0.05) is 5.38 Å². The van der Waals surface area contributed by atoms with Crippen molar-refractivity contribution in [2.24, 2.45) is 0 Å². The fraction of sp³-hybridized carbons (Fsp3) is 0.273. The molecule has 2 N–H and O–H groups in total. The minimum atomic E-state index is -3.90. The molecule has 1 amide bonds. The van der Waals surface area contributed by atoms with Gasteiger partial charge < -0.3 is 5.32 Å². The Kier molecular flexibility index (Phi) is 7.02. The number of aromatic nitrogens is 1. The van der Waals surface area contributed by atoms with Gasteiger partial charge in [0.15, 0.2) is 0 Å². The molecule has 3 aromatic rings. The molecule has 0 aliphatic carbocycles. The molecule has 30 heavy (non-hydrogen) atoms. The normalized spacial score (nSPS) is 12.5. The maximum Gasteiger partial charge on any atom is 0.241 e. The smallest absolute Gasteiger partial charge is 0.241 e. The van der Waals surface area contributed by atoms with Crippen molar-refractivity contribution in [3.63, 3.8) is 0 Å². The molecule has 0 saturated carbocycles. The summed E-state index contributed by atoms with van der Waals surface area (Å²) >= 11 is 1.44. The highest BCUT2D eigenvalue weighted by atomic mass is 32.2. The molecular weight excluding hydrogens is 418 g/mol. The first kappa shape index (κ1) is 22.1. The van der Waals surface area contributed by atoms with Crippen LogP contribution >= 0.6 is 11.3 Å². The molecular formula is C22H25N3O3S2. The second-order valence-corrected chi connectivity index (χ2v) is 9.66. The van der Waals surface area contributed by atoms with E-state index in [0.29, 0.717) is 11.1 Å². The maximum atomic E-state index is 13.2. The molecule has 0 saturated heterocycles. The first-order valence-corrected chi connectivity index (χ1v) is 12.0. The minimum absolute atomic E-state index is 0.221. The highest BCUT2D eigenvalue weighted by Gasteiger charge is 2.28. The summed E-state index contributed by atoms with van der Waals surface area (Å²) in [5, 5.41) is 4.64. The molecule has 2 aromatic carbocycles. The van der Waals surface area contributed by atoms with Crippen LogP contribution in [0.1, 0.15) is 27.9 Å². The fourth-order valence-electron chi connectivity index (χ4n) is 3.50. The van der Waals surface area contributed by atoms with Crippen molar-refractivity contribution in [1.82, 2.24) is 15.0 Å². The zero-order valence-corrected chi connectivity index (χ0v) is 18.8. The van der Waals surface area contributed by atoms with Gasteiger partial charge in [-0.2, -0.15) is 4.72 Å². The summed E-state index contributed by atoms with van der Waals surface area (Å²) < 4.78 is 29.1. The molecule has 0 radical (unpaired) electrons. The number of benzene rings is 2. The Labute approximate surface area is 181 Å². The van der Waals surface area contributed by atoms with E-state index >= 15 is 0 Å². The maximum absolute atomic E-state index is 13.2. The van der Waals surface area contributed by atoms with Crippen LogP contribution in [0.3, 0.4) is 0 Å². The van der Waals surface area contributed by atoms with Crippen LogP contribution in [0.15, 0.2) is 58.3 Å². The van der Waals surface area contributed by atoms with E-state index in [2.05, 4.69) is 15.0 Å². The van der Waals surface area contributed by atoms with Crippen molar-refractivity contribution in [3.05, 3.63) is 81.3 Å². The number of thiazole rings is 1. The SMILES string of the molecule is Cc1cc(C)c(S(=O)(=O)NC(Cc2ccccc2)C(=O)NCc2cscn2)c(C)c1. The summed E-state index contributed by atoms with van der Waals surface area (Å²) in [6, 6.07) is 12.1. The molecule has 0 aliphatic heterocycles. The van der Waals surface area contributed by atoms with Gasteiger partial charge in [0.05, 0.1) is 22.6 Å². The number of nitrogens with zero attached hydrogens (tertiary/aromatic N) is 1. The largest absolute Gasteiger partial charge is 0.349 e. The predicted molar refractivity (Wildman–Crippen MR) is 119 cm³/mol. The van der Waals surface area contributed by atoms with E-state index in [1.54, 1.807) is 19.4 Å². The highest BCUT2D eigenvalue weighted by Crippen LogP contribution is 2.22. The summed E-state index contributed by atoms with van der Waals surface area (Å²) in [7, 11) is -3.90. The molecule has 0 aliphatic rings. The summed E-state index contributed by atoms with van der Waals surface area (Å²) in [6.07, 6.45) is 0.243. The topological polar surface area (TPSA) is 88.2 Å². The van der Waals surface area contributed by atoms with Gasteiger partial charge in [-0.15, -0.1) is 11.3 Å². The number of amides is 1. The van der Waals surface area contributed by atoms with Crippen LogP contribution in [0, 0.1) is 20.8 Å². The first-order chi connectivity index (χ1) is 14.3. The van der Waals surface area contributed by atoms with Crippen molar-refractivity contribution in [3.8, 4) is 0 Å². The van der Waals surface area contributed by atoms with Crippen molar-refractivity contribution < 1.29 is 13.2 Å². The lowest BCUT2D eigenvalue weighted by Crippen LogP contribution is -2.48. The molecule has 1 atom stereocenters. The van der Waals surface area contributed by atoms with E-state index in [4.69, 9.17) is 0 Å². The van der Waals surface area contributed by atoms with Gasteiger partial charge in [-0.05, 0) is 43.9 Å². The predicted octanol–water partition coefficient (Wildman–Crippen LogP) is 3.27. The highest BCUT2D eigenvalue weighted by molar-refractivity contribution is 7.89. The molecule has 0 bridgehead atoms. The molecule has 158 valence electrons. The van der Waals surface area contributed by atoms with Gasteiger partial charge in [-0.25, -0.2) is 13.4 Å². The van der Waals surface area contributed by atoms with Crippen LogP contribution < -0.4 is 10.0 Å². The summed E-state index contributed by atoms with van der Waals surface area (Å²) in [6.45, 7) is 5.71. The third kappa shape index (κ3) is 5.53. The number of sulfonamides is 1. The summed E-state index contributed by atoms with van der Waals surface area (Å²) in [5.41, 5.74) is 5.59. The van der Waals surface area contributed by atoms with Crippen molar-refractivity contribution >= 4 is 27.3 Å². The second kappa shape index (κ2) is 9.51. The number of rotatable bonds is 8. The Morgan fingerprint density at radius 2 is 1.77 bits per heavy atom. The minimum Gasteiger partial charge on any atom is -0.349 e. The van der Waals surface area contributed by atoms with Crippen LogP contribution in [-0.4, -0.2) is 25.4 Å². The monoisotopic (exact) mass is 443 g/mol. The molecule has 1 unspecified atom stereocenters. The van der Waals surface area contributed by atoms with Crippen LogP contribution in [0.4, 0.5) is 0 Å². The Morgan fingerprint density at radius 3 is 2.37 bits per heavy atom. The Morgan fingerprint density at radius 1 is 1.10 bits per heavy atom. The molecule has 0 fully saturated rings. The number of hydrogen-bond donors (Lipinski definition) is 2. The fourth-order valence-corrected chi connectivity index (χ4v) is 5.71. The number of carbonyl (C=O) groups is 1. The van der Waals surface area contributed by atoms with Gasteiger partial charge in [0.25, 0.3) is 0 Å². The molecule has 0 spiro atoms.